The lowest BCUT2D eigenvalue weighted by Gasteiger charge is -2.27. The van der Waals surface area contributed by atoms with Crippen LogP contribution in [0.15, 0.2) is 66.7 Å². The standard InChI is InChI=1S/C25H24FN3O5S/c1-34-20-8-5-16(6-9-20)13-27-24(30)18-7-10-21-22(12-18)29-25(31)23(28-21)15-35(32,33)14-17-3-2-4-19(26)11-17/h2-12,23,28H,13-15H2,1H3,(H,27,30)(H,29,31). The minimum Gasteiger partial charge on any atom is -0.497 e. The van der Waals surface area contributed by atoms with E-state index in [0.717, 1.165) is 17.4 Å². The van der Waals surface area contributed by atoms with Gasteiger partial charge >= 0.3 is 0 Å². The molecule has 1 heterocycles. The number of nitrogens with one attached hydrogen (secondary N) is 3. The van der Waals surface area contributed by atoms with Crippen molar-refractivity contribution in [2.24, 2.45) is 0 Å². The first-order valence-corrected chi connectivity index (χ1v) is 12.6. The van der Waals surface area contributed by atoms with Crippen molar-refractivity contribution in [2.75, 3.05) is 23.5 Å². The molecule has 0 saturated heterocycles. The van der Waals surface area contributed by atoms with Crippen LogP contribution >= 0.6 is 0 Å². The molecule has 8 nitrogen and oxygen atoms in total. The lowest BCUT2D eigenvalue weighted by molar-refractivity contribution is -0.116. The zero-order valence-electron chi connectivity index (χ0n) is 18.9. The molecule has 1 aliphatic rings. The van der Waals surface area contributed by atoms with Crippen LogP contribution in [-0.2, 0) is 26.9 Å². The van der Waals surface area contributed by atoms with Gasteiger partial charge in [-0.05, 0) is 53.6 Å². The number of hydrogen-bond donors (Lipinski definition) is 3. The van der Waals surface area contributed by atoms with Crippen LogP contribution in [0.2, 0.25) is 0 Å². The van der Waals surface area contributed by atoms with Crippen molar-refractivity contribution in [3.8, 4) is 5.75 Å². The van der Waals surface area contributed by atoms with E-state index in [1.165, 1.54) is 24.3 Å². The summed E-state index contributed by atoms with van der Waals surface area (Å²) < 4.78 is 43.7. The van der Waals surface area contributed by atoms with Gasteiger partial charge in [0.05, 0.1) is 30.0 Å². The highest BCUT2D eigenvalue weighted by Crippen LogP contribution is 2.28. The molecule has 1 unspecified atom stereocenters. The minimum atomic E-state index is -3.71. The molecule has 3 aromatic carbocycles. The second-order valence-electron chi connectivity index (χ2n) is 8.16. The van der Waals surface area contributed by atoms with Crippen molar-refractivity contribution >= 4 is 33.0 Å². The number of halogens is 1. The molecule has 35 heavy (non-hydrogen) atoms. The Balaban J connectivity index is 1.39. The Kier molecular flexibility index (Phi) is 7.02. The third kappa shape index (κ3) is 6.15. The number of anilines is 2. The number of carbonyl (C=O) groups is 2. The van der Waals surface area contributed by atoms with Gasteiger partial charge in [-0.2, -0.15) is 0 Å². The third-order valence-electron chi connectivity index (χ3n) is 5.49. The van der Waals surface area contributed by atoms with Gasteiger partial charge in [-0.15, -0.1) is 0 Å². The Morgan fingerprint density at radius 1 is 1.03 bits per heavy atom. The number of methoxy groups -OCH3 is 1. The van der Waals surface area contributed by atoms with Gasteiger partial charge in [0, 0.05) is 12.1 Å². The summed E-state index contributed by atoms with van der Waals surface area (Å²) in [5.41, 5.74) is 2.44. The normalized spacial score (nSPS) is 14.9. The van der Waals surface area contributed by atoms with E-state index in [1.54, 1.807) is 31.4 Å². The first kappa shape index (κ1) is 24.2. The molecular formula is C25H24FN3O5S. The molecule has 0 bridgehead atoms. The number of amides is 2. The van der Waals surface area contributed by atoms with Crippen LogP contribution in [0, 0.1) is 5.82 Å². The van der Waals surface area contributed by atoms with Crippen LogP contribution in [0.3, 0.4) is 0 Å². The molecule has 1 aliphatic heterocycles. The van der Waals surface area contributed by atoms with Crippen LogP contribution in [0.4, 0.5) is 15.8 Å². The lowest BCUT2D eigenvalue weighted by atomic mass is 10.1. The predicted molar refractivity (Wildman–Crippen MR) is 131 cm³/mol. The van der Waals surface area contributed by atoms with Gasteiger partial charge < -0.3 is 20.7 Å². The van der Waals surface area contributed by atoms with E-state index in [0.29, 0.717) is 29.0 Å². The predicted octanol–water partition coefficient (Wildman–Crippen LogP) is 3.11. The van der Waals surface area contributed by atoms with Gasteiger partial charge in [-0.1, -0.05) is 24.3 Å². The second kappa shape index (κ2) is 10.1. The van der Waals surface area contributed by atoms with E-state index in [1.807, 2.05) is 12.1 Å². The SMILES string of the molecule is COc1ccc(CNC(=O)c2ccc3c(c2)NC(=O)C(CS(=O)(=O)Cc2cccc(F)c2)N3)cc1. The van der Waals surface area contributed by atoms with Crippen molar-refractivity contribution in [3.05, 3.63) is 89.2 Å². The summed E-state index contributed by atoms with van der Waals surface area (Å²) in [6.07, 6.45) is 0. The van der Waals surface area contributed by atoms with Crippen LogP contribution in [0.1, 0.15) is 21.5 Å². The summed E-state index contributed by atoms with van der Waals surface area (Å²) >= 11 is 0. The summed E-state index contributed by atoms with van der Waals surface area (Å²) in [5.74, 6) is -1.49. The maximum Gasteiger partial charge on any atom is 0.251 e. The molecule has 0 radical (unpaired) electrons. The average Bonchev–Trinajstić information content (AvgIpc) is 2.82. The molecule has 0 aromatic heterocycles. The average molecular weight is 498 g/mol. The zero-order chi connectivity index (χ0) is 25.0. The lowest BCUT2D eigenvalue weighted by Crippen LogP contribution is -2.43. The van der Waals surface area contributed by atoms with Crippen molar-refractivity contribution in [1.29, 1.82) is 0 Å². The summed E-state index contributed by atoms with van der Waals surface area (Å²) in [5, 5.41) is 8.41. The molecule has 182 valence electrons. The highest BCUT2D eigenvalue weighted by Gasteiger charge is 2.30. The number of ether oxygens (including phenoxy) is 1. The molecule has 0 fully saturated rings. The highest BCUT2D eigenvalue weighted by molar-refractivity contribution is 7.90. The van der Waals surface area contributed by atoms with Gasteiger partial charge in [-0.25, -0.2) is 12.8 Å². The first-order valence-electron chi connectivity index (χ1n) is 10.8. The van der Waals surface area contributed by atoms with Crippen LogP contribution in [0.5, 0.6) is 5.75 Å². The van der Waals surface area contributed by atoms with Crippen molar-refractivity contribution in [3.63, 3.8) is 0 Å². The number of carbonyl (C=O) groups excluding carboxylic acids is 2. The monoisotopic (exact) mass is 497 g/mol. The first-order chi connectivity index (χ1) is 16.7. The number of sulfone groups is 1. The molecule has 1 atom stereocenters. The zero-order valence-corrected chi connectivity index (χ0v) is 19.7. The largest absolute Gasteiger partial charge is 0.497 e. The molecular weight excluding hydrogens is 473 g/mol. The van der Waals surface area contributed by atoms with Crippen molar-refractivity contribution in [2.45, 2.75) is 18.3 Å². The van der Waals surface area contributed by atoms with Gasteiger partial charge in [0.2, 0.25) is 5.91 Å². The Morgan fingerprint density at radius 3 is 2.51 bits per heavy atom. The van der Waals surface area contributed by atoms with Crippen molar-refractivity contribution in [1.82, 2.24) is 5.32 Å². The molecule has 0 saturated carbocycles. The summed E-state index contributed by atoms with van der Waals surface area (Å²) in [7, 11) is -2.13. The van der Waals surface area contributed by atoms with Crippen molar-refractivity contribution < 1.29 is 27.1 Å². The molecule has 0 spiro atoms. The molecule has 3 N–H and O–H groups in total. The fourth-order valence-corrected chi connectivity index (χ4v) is 5.27. The molecule has 0 aliphatic carbocycles. The van der Waals surface area contributed by atoms with E-state index in [-0.39, 0.29) is 11.7 Å². The van der Waals surface area contributed by atoms with E-state index in [4.69, 9.17) is 4.74 Å². The molecule has 10 heteroatoms. The summed E-state index contributed by atoms with van der Waals surface area (Å²) in [4.78, 5) is 25.2. The molecule has 3 aromatic rings. The van der Waals surface area contributed by atoms with Gasteiger partial charge in [0.25, 0.3) is 5.91 Å². The maximum atomic E-state index is 13.4. The Bertz CT molecular complexity index is 1360. The Morgan fingerprint density at radius 2 is 1.80 bits per heavy atom. The summed E-state index contributed by atoms with van der Waals surface area (Å²) in [6.45, 7) is 0.315. The van der Waals surface area contributed by atoms with Gasteiger partial charge in [0.1, 0.15) is 17.6 Å². The summed E-state index contributed by atoms with van der Waals surface area (Å²) in [6, 6.07) is 16.4. The Hall–Kier alpha value is -3.92. The van der Waals surface area contributed by atoms with Crippen LogP contribution in [-0.4, -0.2) is 39.1 Å². The topological polar surface area (TPSA) is 114 Å². The molecule has 2 amide bonds. The van der Waals surface area contributed by atoms with Gasteiger partial charge in [-0.3, -0.25) is 9.59 Å². The van der Waals surface area contributed by atoms with E-state index in [9.17, 15) is 22.4 Å². The van der Waals surface area contributed by atoms with Crippen LogP contribution in [0.25, 0.3) is 0 Å². The number of rotatable bonds is 8. The number of benzene rings is 3. The fourth-order valence-electron chi connectivity index (χ4n) is 3.73. The maximum absolute atomic E-state index is 13.4. The van der Waals surface area contributed by atoms with E-state index in [2.05, 4.69) is 16.0 Å². The Labute approximate surface area is 202 Å². The van der Waals surface area contributed by atoms with Gasteiger partial charge in [0.15, 0.2) is 9.84 Å². The smallest absolute Gasteiger partial charge is 0.251 e. The highest BCUT2D eigenvalue weighted by atomic mass is 32.2. The third-order valence-corrected chi connectivity index (χ3v) is 7.11. The number of hydrogen-bond acceptors (Lipinski definition) is 6. The quantitative estimate of drug-likeness (QED) is 0.441. The van der Waals surface area contributed by atoms with Crippen LogP contribution < -0.4 is 20.7 Å². The van der Waals surface area contributed by atoms with E-state index < -0.39 is 33.4 Å². The molecule has 4 rings (SSSR count). The second-order valence-corrected chi connectivity index (χ2v) is 10.3. The number of fused-ring (bicyclic) bond motifs is 1. The minimum absolute atomic E-state index is 0.312. The van der Waals surface area contributed by atoms with E-state index >= 15 is 0 Å². The fraction of sp³-hybridized carbons (Fsp3) is 0.200.